The first-order chi connectivity index (χ1) is 8.59. The van der Waals surface area contributed by atoms with Gasteiger partial charge in [-0.15, -0.1) is 12.4 Å². The molecule has 1 aromatic carbocycles. The molecule has 1 aliphatic rings. The lowest BCUT2D eigenvalue weighted by Crippen LogP contribution is -2.34. The molecule has 0 bridgehead atoms. The van der Waals surface area contributed by atoms with E-state index in [1.165, 1.54) is 18.6 Å². The SMILES string of the molecule is Cc1ccc(F)cc1[C@H](N)[C@H](O)C1CCCCC1.Cl. The quantitative estimate of drug-likeness (QED) is 0.894. The molecule has 2 rings (SSSR count). The summed E-state index contributed by atoms with van der Waals surface area (Å²) in [5.41, 5.74) is 7.80. The molecule has 19 heavy (non-hydrogen) atoms. The Hall–Kier alpha value is -0.640. The first kappa shape index (κ1) is 16.4. The predicted molar refractivity (Wildman–Crippen MR) is 77.9 cm³/mol. The van der Waals surface area contributed by atoms with Gasteiger partial charge in [0.2, 0.25) is 0 Å². The lowest BCUT2D eigenvalue weighted by molar-refractivity contribution is 0.0615. The van der Waals surface area contributed by atoms with Gasteiger partial charge in [0.1, 0.15) is 5.82 Å². The van der Waals surface area contributed by atoms with Gasteiger partial charge in [-0.2, -0.15) is 0 Å². The van der Waals surface area contributed by atoms with Gasteiger partial charge in [0.05, 0.1) is 12.1 Å². The summed E-state index contributed by atoms with van der Waals surface area (Å²) in [7, 11) is 0. The van der Waals surface area contributed by atoms with Crippen LogP contribution in [0.1, 0.15) is 49.3 Å². The minimum atomic E-state index is -0.564. The zero-order valence-electron chi connectivity index (χ0n) is 11.3. The molecule has 1 fully saturated rings. The molecule has 0 aromatic heterocycles. The van der Waals surface area contributed by atoms with Crippen LogP contribution in [0.15, 0.2) is 18.2 Å². The molecule has 1 saturated carbocycles. The molecule has 108 valence electrons. The Morgan fingerprint density at radius 3 is 2.53 bits per heavy atom. The van der Waals surface area contributed by atoms with Crippen molar-refractivity contribution in [3.05, 3.63) is 35.1 Å². The van der Waals surface area contributed by atoms with Crippen molar-refractivity contribution in [3.63, 3.8) is 0 Å². The van der Waals surface area contributed by atoms with Gasteiger partial charge in [-0.1, -0.05) is 25.3 Å². The molecule has 0 spiro atoms. The van der Waals surface area contributed by atoms with E-state index < -0.39 is 12.1 Å². The Morgan fingerprint density at radius 2 is 1.89 bits per heavy atom. The average molecular weight is 288 g/mol. The van der Waals surface area contributed by atoms with Gasteiger partial charge in [-0.05, 0) is 48.9 Å². The fourth-order valence-electron chi connectivity index (χ4n) is 2.92. The van der Waals surface area contributed by atoms with Crippen molar-refractivity contribution < 1.29 is 9.50 Å². The molecule has 1 aromatic rings. The van der Waals surface area contributed by atoms with E-state index >= 15 is 0 Å². The molecule has 4 heteroatoms. The van der Waals surface area contributed by atoms with Gasteiger partial charge in [-0.3, -0.25) is 0 Å². The first-order valence-corrected chi connectivity index (χ1v) is 6.79. The number of benzene rings is 1. The second-order valence-corrected chi connectivity index (χ2v) is 5.42. The number of aryl methyl sites for hydroxylation is 1. The number of aliphatic hydroxyl groups excluding tert-OH is 1. The molecular formula is C15H23ClFNO. The highest BCUT2D eigenvalue weighted by molar-refractivity contribution is 5.85. The molecule has 2 atom stereocenters. The molecule has 3 N–H and O–H groups in total. The highest BCUT2D eigenvalue weighted by atomic mass is 35.5. The summed E-state index contributed by atoms with van der Waals surface area (Å²) < 4.78 is 13.3. The maximum absolute atomic E-state index is 13.3. The minimum Gasteiger partial charge on any atom is -0.391 e. The van der Waals surface area contributed by atoms with E-state index in [1.807, 2.05) is 6.92 Å². The highest BCUT2D eigenvalue weighted by Crippen LogP contribution is 2.32. The Morgan fingerprint density at radius 1 is 1.26 bits per heavy atom. The summed E-state index contributed by atoms with van der Waals surface area (Å²) in [4.78, 5) is 0. The fraction of sp³-hybridized carbons (Fsp3) is 0.600. The van der Waals surface area contributed by atoms with Crippen LogP contribution in [0, 0.1) is 18.7 Å². The topological polar surface area (TPSA) is 46.2 Å². The summed E-state index contributed by atoms with van der Waals surface area (Å²) in [6.45, 7) is 1.90. The Balaban J connectivity index is 0.00000180. The van der Waals surface area contributed by atoms with Crippen LogP contribution in [0.4, 0.5) is 4.39 Å². The van der Waals surface area contributed by atoms with Crippen LogP contribution in [0.2, 0.25) is 0 Å². The molecule has 0 unspecified atom stereocenters. The molecule has 1 aliphatic carbocycles. The number of hydrogen-bond acceptors (Lipinski definition) is 2. The largest absolute Gasteiger partial charge is 0.391 e. The smallest absolute Gasteiger partial charge is 0.123 e. The van der Waals surface area contributed by atoms with Gasteiger partial charge in [0.15, 0.2) is 0 Å². The molecular weight excluding hydrogens is 265 g/mol. The van der Waals surface area contributed by atoms with E-state index in [0.717, 1.165) is 36.8 Å². The third-order valence-electron chi connectivity index (χ3n) is 4.10. The van der Waals surface area contributed by atoms with E-state index in [2.05, 4.69) is 0 Å². The number of halogens is 2. The van der Waals surface area contributed by atoms with Crippen LogP contribution >= 0.6 is 12.4 Å². The summed E-state index contributed by atoms with van der Waals surface area (Å²) in [5.74, 6) is -0.0293. The Bertz CT molecular complexity index is 407. The summed E-state index contributed by atoms with van der Waals surface area (Å²) >= 11 is 0. The van der Waals surface area contributed by atoms with Crippen molar-refractivity contribution in [1.29, 1.82) is 0 Å². The van der Waals surface area contributed by atoms with E-state index in [4.69, 9.17) is 5.73 Å². The maximum atomic E-state index is 13.3. The van der Waals surface area contributed by atoms with Crippen LogP contribution in [-0.2, 0) is 0 Å². The van der Waals surface area contributed by atoms with Crippen LogP contribution in [0.25, 0.3) is 0 Å². The van der Waals surface area contributed by atoms with Crippen molar-refractivity contribution >= 4 is 12.4 Å². The average Bonchev–Trinajstić information content (AvgIpc) is 2.41. The molecule has 2 nitrogen and oxygen atoms in total. The third kappa shape index (κ3) is 3.91. The number of rotatable bonds is 3. The van der Waals surface area contributed by atoms with E-state index in [9.17, 15) is 9.50 Å². The molecule has 0 radical (unpaired) electrons. The lowest BCUT2D eigenvalue weighted by atomic mass is 9.81. The maximum Gasteiger partial charge on any atom is 0.123 e. The number of hydrogen-bond donors (Lipinski definition) is 2. The molecule has 0 saturated heterocycles. The minimum absolute atomic E-state index is 0. The Kier molecular flexibility index (Phi) is 6.24. The van der Waals surface area contributed by atoms with Crippen LogP contribution in [-0.4, -0.2) is 11.2 Å². The molecule has 0 amide bonds. The second-order valence-electron chi connectivity index (χ2n) is 5.42. The zero-order chi connectivity index (χ0) is 13.1. The third-order valence-corrected chi connectivity index (χ3v) is 4.10. The van der Waals surface area contributed by atoms with E-state index in [1.54, 1.807) is 6.07 Å². The monoisotopic (exact) mass is 287 g/mol. The summed E-state index contributed by atoms with van der Waals surface area (Å²) in [5, 5.41) is 10.4. The van der Waals surface area contributed by atoms with Crippen LogP contribution in [0.3, 0.4) is 0 Å². The predicted octanol–water partition coefficient (Wildman–Crippen LogP) is 3.50. The zero-order valence-corrected chi connectivity index (χ0v) is 12.1. The summed E-state index contributed by atoms with van der Waals surface area (Å²) in [6.07, 6.45) is 5.07. The van der Waals surface area contributed by atoms with E-state index in [-0.39, 0.29) is 24.1 Å². The lowest BCUT2D eigenvalue weighted by Gasteiger charge is -2.31. The van der Waals surface area contributed by atoms with Crippen LogP contribution in [0.5, 0.6) is 0 Å². The van der Waals surface area contributed by atoms with Crippen molar-refractivity contribution in [2.24, 2.45) is 11.7 Å². The standard InChI is InChI=1S/C15H22FNO.ClH/c1-10-7-8-12(16)9-13(10)14(17)15(18)11-5-3-2-4-6-11;/h7-9,11,14-15,18H,2-6,17H2,1H3;1H/t14-,15+;/m0./s1. The molecule has 0 aliphatic heterocycles. The van der Waals surface area contributed by atoms with Crippen molar-refractivity contribution in [1.82, 2.24) is 0 Å². The van der Waals surface area contributed by atoms with E-state index in [0.29, 0.717) is 0 Å². The van der Waals surface area contributed by atoms with Gasteiger partial charge < -0.3 is 10.8 Å². The second kappa shape index (κ2) is 7.22. The van der Waals surface area contributed by atoms with Gasteiger partial charge in [0.25, 0.3) is 0 Å². The van der Waals surface area contributed by atoms with Gasteiger partial charge in [-0.25, -0.2) is 4.39 Å². The Labute approximate surface area is 120 Å². The summed E-state index contributed by atoms with van der Waals surface area (Å²) in [6, 6.07) is 4.12. The van der Waals surface area contributed by atoms with Crippen molar-refractivity contribution in [3.8, 4) is 0 Å². The van der Waals surface area contributed by atoms with Gasteiger partial charge in [0, 0.05) is 0 Å². The number of aliphatic hydroxyl groups is 1. The number of nitrogens with two attached hydrogens (primary N) is 1. The fourth-order valence-corrected chi connectivity index (χ4v) is 2.92. The van der Waals surface area contributed by atoms with Crippen molar-refractivity contribution in [2.45, 2.75) is 51.2 Å². The van der Waals surface area contributed by atoms with Gasteiger partial charge >= 0.3 is 0 Å². The normalized spacial score (nSPS) is 19.6. The molecule has 0 heterocycles. The van der Waals surface area contributed by atoms with Crippen LogP contribution < -0.4 is 5.73 Å². The highest BCUT2D eigenvalue weighted by Gasteiger charge is 2.28. The first-order valence-electron chi connectivity index (χ1n) is 6.79. The van der Waals surface area contributed by atoms with Crippen molar-refractivity contribution in [2.75, 3.05) is 0 Å².